The first kappa shape index (κ1) is 26.8. The zero-order valence-electron chi connectivity index (χ0n) is 23.3. The summed E-state index contributed by atoms with van der Waals surface area (Å²) in [4.78, 5) is 43.7. The van der Waals surface area contributed by atoms with Gasteiger partial charge in [-0.15, -0.1) is 0 Å². The van der Waals surface area contributed by atoms with Crippen molar-refractivity contribution in [2.45, 2.75) is 88.6 Å². The third-order valence-corrected chi connectivity index (χ3v) is 9.30. The molecule has 1 spiro atoms. The van der Waals surface area contributed by atoms with Gasteiger partial charge in [-0.25, -0.2) is 0 Å². The third kappa shape index (κ3) is 4.74. The van der Waals surface area contributed by atoms with Gasteiger partial charge >= 0.3 is 0 Å². The summed E-state index contributed by atoms with van der Waals surface area (Å²) in [5.74, 6) is -2.02. The van der Waals surface area contributed by atoms with E-state index in [1.54, 1.807) is 4.90 Å². The Kier molecular flexibility index (Phi) is 7.26. The highest BCUT2D eigenvalue weighted by Crippen LogP contribution is 2.56. The number of amides is 3. The normalized spacial score (nSPS) is 29.9. The highest BCUT2D eigenvalue weighted by molar-refractivity contribution is 6.03. The average Bonchev–Trinajstić information content (AvgIpc) is 3.61. The topological polar surface area (TPSA) is 87.7 Å². The largest absolute Gasteiger partial charge is 0.359 e. The Morgan fingerprint density at radius 1 is 1.02 bits per heavy atom. The molecule has 1 aliphatic carbocycles. The predicted octanol–water partition coefficient (Wildman–Crippen LogP) is 4.55. The fourth-order valence-corrected chi connectivity index (χ4v) is 7.23. The van der Waals surface area contributed by atoms with Crippen LogP contribution in [-0.4, -0.2) is 52.5 Å². The summed E-state index contributed by atoms with van der Waals surface area (Å²) in [6.07, 6.45) is 10.0. The Bertz CT molecular complexity index is 1290. The van der Waals surface area contributed by atoms with Crippen molar-refractivity contribution >= 4 is 23.4 Å². The molecule has 2 aromatic carbocycles. The van der Waals surface area contributed by atoms with Crippen molar-refractivity contribution in [2.24, 2.45) is 11.8 Å². The summed E-state index contributed by atoms with van der Waals surface area (Å²) in [5, 5.41) is 6.27. The molecule has 2 N–H and O–H groups in total. The minimum Gasteiger partial charge on any atom is -0.359 e. The smallest absolute Gasteiger partial charge is 0.246 e. The second-order valence-corrected chi connectivity index (χ2v) is 12.0. The van der Waals surface area contributed by atoms with E-state index in [0.717, 1.165) is 37.7 Å². The molecule has 210 valence electrons. The summed E-state index contributed by atoms with van der Waals surface area (Å²) in [6.45, 7) is 4.00. The Morgan fingerprint density at radius 2 is 1.75 bits per heavy atom. The molecule has 7 nitrogen and oxygen atoms in total. The number of nitrogens with one attached hydrogen (secondary N) is 2. The van der Waals surface area contributed by atoms with Crippen molar-refractivity contribution in [3.8, 4) is 0 Å². The minimum absolute atomic E-state index is 0.108. The Hall–Kier alpha value is -3.45. The summed E-state index contributed by atoms with van der Waals surface area (Å²) < 4.78 is 6.52. The van der Waals surface area contributed by atoms with Crippen molar-refractivity contribution in [1.29, 1.82) is 0 Å². The maximum Gasteiger partial charge on any atom is 0.246 e. The van der Waals surface area contributed by atoms with Crippen LogP contribution in [0.15, 0.2) is 66.7 Å². The number of aryl methyl sites for hydroxylation is 2. The number of nitrogens with zero attached hydrogens (tertiary/aromatic N) is 1. The lowest BCUT2D eigenvalue weighted by atomic mass is 9.74. The maximum atomic E-state index is 14.3. The van der Waals surface area contributed by atoms with Crippen molar-refractivity contribution in [1.82, 2.24) is 10.2 Å². The van der Waals surface area contributed by atoms with E-state index in [1.165, 1.54) is 12.0 Å². The van der Waals surface area contributed by atoms with Crippen LogP contribution in [0.5, 0.6) is 0 Å². The number of benzene rings is 2. The minimum atomic E-state index is -1.14. The lowest BCUT2D eigenvalue weighted by Crippen LogP contribution is -2.58. The van der Waals surface area contributed by atoms with Crippen LogP contribution in [0.25, 0.3) is 0 Å². The van der Waals surface area contributed by atoms with Crippen LogP contribution in [0.1, 0.15) is 56.6 Å². The molecule has 3 fully saturated rings. The summed E-state index contributed by atoms with van der Waals surface area (Å²) >= 11 is 0. The number of carbonyl (C=O) groups excluding carboxylic acids is 3. The second-order valence-electron chi connectivity index (χ2n) is 12.0. The highest BCUT2D eigenvalue weighted by Gasteiger charge is 2.73. The first-order chi connectivity index (χ1) is 19.4. The molecule has 3 heterocycles. The lowest BCUT2D eigenvalue weighted by Gasteiger charge is -2.36. The number of rotatable bonds is 8. The van der Waals surface area contributed by atoms with Crippen LogP contribution in [0, 0.1) is 18.8 Å². The van der Waals surface area contributed by atoms with Crippen LogP contribution in [0.4, 0.5) is 5.69 Å². The van der Waals surface area contributed by atoms with E-state index >= 15 is 0 Å². The average molecular weight is 542 g/mol. The molecule has 2 bridgehead atoms. The van der Waals surface area contributed by atoms with Gasteiger partial charge in [0.05, 0.1) is 17.9 Å². The quantitative estimate of drug-likeness (QED) is 0.480. The maximum absolute atomic E-state index is 14.3. The van der Waals surface area contributed by atoms with E-state index in [-0.39, 0.29) is 29.8 Å². The van der Waals surface area contributed by atoms with Crippen LogP contribution in [-0.2, 0) is 25.5 Å². The van der Waals surface area contributed by atoms with Gasteiger partial charge in [-0.05, 0) is 57.2 Å². The number of hydrogen-bond acceptors (Lipinski definition) is 4. The van der Waals surface area contributed by atoms with Crippen molar-refractivity contribution in [3.05, 3.63) is 77.9 Å². The van der Waals surface area contributed by atoms with E-state index in [0.29, 0.717) is 12.1 Å². The molecular weight excluding hydrogens is 502 g/mol. The van der Waals surface area contributed by atoms with Crippen LogP contribution in [0.3, 0.4) is 0 Å². The van der Waals surface area contributed by atoms with E-state index in [1.807, 2.05) is 68.5 Å². The number of fused-ring (bicyclic) bond motifs is 1. The van der Waals surface area contributed by atoms with Crippen LogP contribution in [0.2, 0.25) is 0 Å². The molecule has 6 atom stereocenters. The number of anilines is 1. The van der Waals surface area contributed by atoms with Gasteiger partial charge in [-0.2, -0.15) is 0 Å². The molecule has 1 saturated carbocycles. The molecule has 40 heavy (non-hydrogen) atoms. The molecule has 2 aromatic rings. The molecule has 0 unspecified atom stereocenters. The standard InChI is InChI=1S/C33H39N3O4/c1-21-13-17-25(18-14-21)34-30(37)27-26-19-20-33(40-26)28(27)32(39)36(22(2)15-16-23-9-5-3-6-10-23)29(33)31(38)35-24-11-7-4-8-12-24/h3,5-6,9-10,13-14,17-20,22,24,26-29H,4,7-8,11-12,15-16H2,1-2H3,(H,34,37)(H,35,38)/t22-,26-,27+,28-,29+,33-/m1/s1. The van der Waals surface area contributed by atoms with Crippen LogP contribution < -0.4 is 10.6 Å². The molecular formula is C33H39N3O4. The fraction of sp³-hybridized carbons (Fsp3) is 0.485. The Balaban J connectivity index is 1.29. The Labute approximate surface area is 236 Å². The molecule has 3 aliphatic heterocycles. The van der Waals surface area contributed by atoms with Gasteiger partial charge in [0.1, 0.15) is 11.6 Å². The van der Waals surface area contributed by atoms with Gasteiger partial charge in [-0.1, -0.05) is 79.4 Å². The molecule has 4 aliphatic rings. The van der Waals surface area contributed by atoms with E-state index in [4.69, 9.17) is 4.74 Å². The van der Waals surface area contributed by atoms with Gasteiger partial charge in [0.25, 0.3) is 0 Å². The summed E-state index contributed by atoms with van der Waals surface area (Å²) in [5.41, 5.74) is 1.83. The molecule has 6 rings (SSSR count). The second kappa shape index (κ2) is 10.8. The SMILES string of the molecule is Cc1ccc(NC(=O)[C@H]2[C@H]3C=C[C@]4(O3)[C@H](C(=O)NC3CCCCC3)N([C@H](C)CCc3ccccc3)C(=O)[C@@H]24)cc1. The fourth-order valence-electron chi connectivity index (χ4n) is 7.23. The molecule has 7 heteroatoms. The predicted molar refractivity (Wildman–Crippen MR) is 153 cm³/mol. The highest BCUT2D eigenvalue weighted by atomic mass is 16.5. The molecule has 2 saturated heterocycles. The van der Waals surface area contributed by atoms with Gasteiger partial charge in [0, 0.05) is 17.8 Å². The monoisotopic (exact) mass is 541 g/mol. The number of hydrogen-bond donors (Lipinski definition) is 2. The van der Waals surface area contributed by atoms with Crippen molar-refractivity contribution < 1.29 is 19.1 Å². The van der Waals surface area contributed by atoms with E-state index in [2.05, 4.69) is 22.8 Å². The summed E-state index contributed by atoms with van der Waals surface area (Å²) in [7, 11) is 0. The first-order valence-corrected chi connectivity index (χ1v) is 14.8. The van der Waals surface area contributed by atoms with Crippen LogP contribution >= 0.6 is 0 Å². The number of likely N-dealkylation sites (tertiary alicyclic amines) is 1. The lowest BCUT2D eigenvalue weighted by molar-refractivity contribution is -0.143. The van der Waals surface area contributed by atoms with Gasteiger partial charge in [-0.3, -0.25) is 14.4 Å². The van der Waals surface area contributed by atoms with E-state index < -0.39 is 29.6 Å². The number of ether oxygens (including phenoxy) is 1. The Morgan fingerprint density at radius 3 is 2.48 bits per heavy atom. The van der Waals surface area contributed by atoms with Gasteiger partial charge in [0.15, 0.2) is 0 Å². The van der Waals surface area contributed by atoms with Crippen molar-refractivity contribution in [3.63, 3.8) is 0 Å². The first-order valence-electron chi connectivity index (χ1n) is 14.8. The van der Waals surface area contributed by atoms with Crippen molar-refractivity contribution in [2.75, 3.05) is 5.32 Å². The van der Waals surface area contributed by atoms with Gasteiger partial charge in [0.2, 0.25) is 17.7 Å². The molecule has 0 radical (unpaired) electrons. The molecule has 0 aromatic heterocycles. The van der Waals surface area contributed by atoms with Gasteiger partial charge < -0.3 is 20.3 Å². The third-order valence-electron chi connectivity index (χ3n) is 9.30. The summed E-state index contributed by atoms with van der Waals surface area (Å²) in [6, 6.07) is 16.9. The zero-order chi connectivity index (χ0) is 27.9. The zero-order valence-corrected chi connectivity index (χ0v) is 23.3. The molecule has 3 amide bonds. The van der Waals surface area contributed by atoms with E-state index in [9.17, 15) is 14.4 Å². The number of carbonyl (C=O) groups is 3.